The van der Waals surface area contributed by atoms with Crippen molar-refractivity contribution in [1.29, 1.82) is 0 Å². The molecule has 0 saturated heterocycles. The van der Waals surface area contributed by atoms with Crippen LogP contribution in [0.15, 0.2) is 122 Å². The summed E-state index contributed by atoms with van der Waals surface area (Å²) in [6, 6.07) is -0.873. The Balaban J connectivity index is 4.51. The molecule has 2 unspecified atom stereocenters. The van der Waals surface area contributed by atoms with Crippen LogP contribution in [0.5, 0.6) is 0 Å². The summed E-state index contributed by atoms with van der Waals surface area (Å²) in [6.07, 6.45) is 68.1. The van der Waals surface area contributed by atoms with E-state index in [0.717, 1.165) is 148 Å². The maximum atomic E-state index is 12.9. The van der Waals surface area contributed by atoms with Crippen molar-refractivity contribution in [2.24, 2.45) is 5.73 Å². The smallest absolute Gasteiger partial charge is 0.326 e. The number of unbranched alkanes of at least 4 members (excludes halogenated alkanes) is 8. The highest BCUT2D eigenvalue weighted by Gasteiger charge is 2.19. The SMILES string of the molecule is CC/C=C\C/C=C\C/C=C\C/C=C\C/C=C\C/C=C\CCCCC(=O)OC(CCCC/C=C\C/C=C\C/C=C\C/C=C\CC)CCCCCCCC(=O)NC(CCCN)C(=O)O. The summed E-state index contributed by atoms with van der Waals surface area (Å²) in [5.74, 6) is -1.32. The Morgan fingerprint density at radius 3 is 1.27 bits per heavy atom. The molecule has 0 spiro atoms. The van der Waals surface area contributed by atoms with E-state index in [4.69, 9.17) is 10.5 Å². The van der Waals surface area contributed by atoms with Crippen molar-refractivity contribution in [3.05, 3.63) is 122 Å². The second kappa shape index (κ2) is 47.8. The average molecular weight is 857 g/mol. The number of ether oxygens (including phenoxy) is 1. The van der Waals surface area contributed by atoms with Crippen LogP contribution in [-0.2, 0) is 19.1 Å². The number of hydrogen-bond donors (Lipinski definition) is 3. The average Bonchev–Trinajstić information content (AvgIpc) is 3.26. The van der Waals surface area contributed by atoms with Gasteiger partial charge < -0.3 is 20.9 Å². The van der Waals surface area contributed by atoms with Crippen molar-refractivity contribution in [2.45, 2.75) is 199 Å². The van der Waals surface area contributed by atoms with Gasteiger partial charge in [-0.25, -0.2) is 4.79 Å². The van der Waals surface area contributed by atoms with Gasteiger partial charge in [0.1, 0.15) is 12.1 Å². The zero-order valence-electron chi connectivity index (χ0n) is 39.2. The Bertz CT molecular complexity index is 1380. The van der Waals surface area contributed by atoms with Gasteiger partial charge in [0.05, 0.1) is 0 Å². The Labute approximate surface area is 379 Å². The van der Waals surface area contributed by atoms with Gasteiger partial charge >= 0.3 is 11.9 Å². The predicted octanol–water partition coefficient (Wildman–Crippen LogP) is 14.6. The molecule has 0 fully saturated rings. The Hall–Kier alpha value is -4.23. The van der Waals surface area contributed by atoms with Gasteiger partial charge in [-0.05, 0) is 148 Å². The number of carboxylic acids is 1. The molecule has 1 amide bonds. The van der Waals surface area contributed by atoms with E-state index < -0.39 is 12.0 Å². The van der Waals surface area contributed by atoms with Crippen molar-refractivity contribution in [2.75, 3.05) is 6.54 Å². The number of rotatable bonds is 42. The van der Waals surface area contributed by atoms with E-state index in [-0.39, 0.29) is 18.0 Å². The second-order valence-electron chi connectivity index (χ2n) is 15.8. The number of carbonyl (C=O) groups excluding carboxylic acids is 2. The summed E-state index contributed by atoms with van der Waals surface area (Å²) in [5.41, 5.74) is 5.49. The first kappa shape index (κ1) is 57.8. The minimum Gasteiger partial charge on any atom is -0.480 e. The quantitative estimate of drug-likeness (QED) is 0.0320. The van der Waals surface area contributed by atoms with Gasteiger partial charge in [0.2, 0.25) is 5.91 Å². The van der Waals surface area contributed by atoms with Crippen LogP contribution in [0.3, 0.4) is 0 Å². The number of nitrogens with one attached hydrogen (secondary N) is 1. The Kier molecular flexibility index (Phi) is 44.6. The van der Waals surface area contributed by atoms with Crippen LogP contribution < -0.4 is 11.1 Å². The maximum Gasteiger partial charge on any atom is 0.326 e. The standard InChI is InChI=1S/C55H88N2O5/c1-3-5-7-9-11-13-15-17-19-20-21-22-23-24-26-28-30-32-34-39-43-49-54(59)62-51(45-40-36-33-31-29-27-25-18-16-14-12-10-8-6-4-2)46-41-37-35-38-42-48-53(58)57-52(55(60)61)47-44-50-56/h5-8,11-14,17-19,21-22,24-26,29-32,51-52H,3-4,9-10,15-16,20,23,27-28,33-50,56H2,1-2H3,(H,57,58)(H,60,61)/b7-5-,8-6-,13-11-,14-12-,19-17-,22-21-,25-18-,26-24-,31-29-,32-30-. The number of carbonyl (C=O) groups is 3. The highest BCUT2D eigenvalue weighted by Crippen LogP contribution is 2.18. The van der Waals surface area contributed by atoms with Crippen LogP contribution in [0.1, 0.15) is 187 Å². The van der Waals surface area contributed by atoms with Crippen molar-refractivity contribution in [3.8, 4) is 0 Å². The minimum atomic E-state index is -1.02. The van der Waals surface area contributed by atoms with E-state index in [0.29, 0.717) is 32.2 Å². The number of aliphatic carboxylic acids is 1. The minimum absolute atomic E-state index is 0.0597. The molecular formula is C55H88N2O5. The number of amides is 1. The zero-order chi connectivity index (χ0) is 45.2. The molecule has 0 aliphatic rings. The van der Waals surface area contributed by atoms with Crippen LogP contribution in [0.4, 0.5) is 0 Å². The summed E-state index contributed by atoms with van der Waals surface area (Å²) in [6.45, 7) is 4.71. The van der Waals surface area contributed by atoms with Crippen molar-refractivity contribution in [1.82, 2.24) is 5.32 Å². The molecule has 0 bridgehead atoms. The third-order valence-corrected chi connectivity index (χ3v) is 10.0. The lowest BCUT2D eigenvalue weighted by molar-refractivity contribution is -0.150. The molecule has 0 heterocycles. The second-order valence-corrected chi connectivity index (χ2v) is 15.8. The van der Waals surface area contributed by atoms with Crippen molar-refractivity contribution >= 4 is 17.8 Å². The molecule has 62 heavy (non-hydrogen) atoms. The molecule has 4 N–H and O–H groups in total. The van der Waals surface area contributed by atoms with E-state index in [9.17, 15) is 19.5 Å². The normalized spacial score (nSPS) is 13.7. The molecule has 0 rings (SSSR count). The highest BCUT2D eigenvalue weighted by molar-refractivity contribution is 5.83. The first-order chi connectivity index (χ1) is 30.4. The van der Waals surface area contributed by atoms with Gasteiger partial charge in [0.25, 0.3) is 0 Å². The van der Waals surface area contributed by atoms with Gasteiger partial charge in [-0.2, -0.15) is 0 Å². The number of hydrogen-bond acceptors (Lipinski definition) is 5. The fourth-order valence-electron chi connectivity index (χ4n) is 6.44. The van der Waals surface area contributed by atoms with Gasteiger partial charge in [0.15, 0.2) is 0 Å². The fraction of sp³-hybridized carbons (Fsp3) is 0.582. The van der Waals surface area contributed by atoms with Crippen molar-refractivity contribution in [3.63, 3.8) is 0 Å². The molecule has 0 saturated carbocycles. The summed E-state index contributed by atoms with van der Waals surface area (Å²) < 4.78 is 6.03. The summed E-state index contributed by atoms with van der Waals surface area (Å²) in [5, 5.41) is 12.0. The van der Waals surface area contributed by atoms with Gasteiger partial charge in [0, 0.05) is 12.8 Å². The molecule has 348 valence electrons. The van der Waals surface area contributed by atoms with Crippen LogP contribution >= 0.6 is 0 Å². The number of nitrogens with two attached hydrogens (primary N) is 1. The molecule has 0 aliphatic heterocycles. The molecule has 0 aliphatic carbocycles. The van der Waals surface area contributed by atoms with Crippen molar-refractivity contribution < 1.29 is 24.2 Å². The van der Waals surface area contributed by atoms with E-state index in [2.05, 4.69) is 141 Å². The molecular weight excluding hydrogens is 769 g/mol. The lowest BCUT2D eigenvalue weighted by atomic mass is 10.0. The predicted molar refractivity (Wildman–Crippen MR) is 266 cm³/mol. The molecule has 0 radical (unpaired) electrons. The van der Waals surface area contributed by atoms with Crippen LogP contribution in [-0.4, -0.2) is 41.6 Å². The van der Waals surface area contributed by atoms with Crippen LogP contribution in [0, 0.1) is 0 Å². The van der Waals surface area contributed by atoms with Gasteiger partial charge in [-0.1, -0.05) is 155 Å². The summed E-state index contributed by atoms with van der Waals surface area (Å²) in [7, 11) is 0. The van der Waals surface area contributed by atoms with Crippen LogP contribution in [0.25, 0.3) is 0 Å². The number of allylic oxidation sites excluding steroid dienone is 20. The molecule has 7 nitrogen and oxygen atoms in total. The first-order valence-corrected chi connectivity index (χ1v) is 24.4. The van der Waals surface area contributed by atoms with Gasteiger partial charge in [-0.3, -0.25) is 9.59 Å². The molecule has 0 aromatic carbocycles. The van der Waals surface area contributed by atoms with E-state index in [1.54, 1.807) is 0 Å². The van der Waals surface area contributed by atoms with E-state index in [1.807, 2.05) is 0 Å². The molecule has 0 aromatic rings. The van der Waals surface area contributed by atoms with Gasteiger partial charge in [-0.15, -0.1) is 0 Å². The fourth-order valence-corrected chi connectivity index (χ4v) is 6.44. The topological polar surface area (TPSA) is 119 Å². The maximum absolute atomic E-state index is 12.9. The van der Waals surface area contributed by atoms with E-state index in [1.165, 1.54) is 0 Å². The molecule has 0 aromatic heterocycles. The lowest BCUT2D eigenvalue weighted by Crippen LogP contribution is -2.40. The summed E-state index contributed by atoms with van der Waals surface area (Å²) >= 11 is 0. The molecule has 2 atom stereocenters. The monoisotopic (exact) mass is 857 g/mol. The Morgan fingerprint density at radius 2 is 0.839 bits per heavy atom. The number of esters is 1. The van der Waals surface area contributed by atoms with E-state index >= 15 is 0 Å². The number of carboxylic acid groups (broad SMARTS) is 1. The zero-order valence-corrected chi connectivity index (χ0v) is 39.2. The lowest BCUT2D eigenvalue weighted by Gasteiger charge is -2.18. The Morgan fingerprint density at radius 1 is 0.468 bits per heavy atom. The molecule has 7 heteroatoms. The first-order valence-electron chi connectivity index (χ1n) is 24.4. The highest BCUT2D eigenvalue weighted by atomic mass is 16.5. The third-order valence-electron chi connectivity index (χ3n) is 10.0. The third kappa shape index (κ3) is 43.8. The largest absolute Gasteiger partial charge is 0.480 e. The summed E-state index contributed by atoms with van der Waals surface area (Å²) in [4.78, 5) is 36.5. The van der Waals surface area contributed by atoms with Crippen LogP contribution in [0.2, 0.25) is 0 Å².